The second-order valence-corrected chi connectivity index (χ2v) is 2.30. The van der Waals surface area contributed by atoms with Crippen molar-refractivity contribution in [3.63, 3.8) is 0 Å². The van der Waals surface area contributed by atoms with Crippen LogP contribution < -0.4 is 10.6 Å². The van der Waals surface area contributed by atoms with Crippen LogP contribution in [-0.2, 0) is 4.79 Å². The van der Waals surface area contributed by atoms with E-state index >= 15 is 0 Å². The third-order valence-electron chi connectivity index (χ3n) is 1.44. The molecule has 1 saturated heterocycles. The van der Waals surface area contributed by atoms with Crippen molar-refractivity contribution >= 4 is 19.8 Å². The zero-order chi connectivity index (χ0) is 7.56. The molecule has 1 aliphatic heterocycles. The lowest BCUT2D eigenvalue weighted by Crippen LogP contribution is -2.28. The van der Waals surface area contributed by atoms with Crippen molar-refractivity contribution in [2.24, 2.45) is 0 Å². The van der Waals surface area contributed by atoms with Crippen LogP contribution in [0.2, 0.25) is 6.32 Å². The summed E-state index contributed by atoms with van der Waals surface area (Å²) >= 11 is 0. The molecule has 1 fully saturated rings. The molecule has 1 aliphatic rings. The lowest BCUT2D eigenvalue weighted by molar-refractivity contribution is -0.120. The highest BCUT2D eigenvalue weighted by Gasteiger charge is 2.27. The smallest absolute Gasteiger partial charge is 0.322 e. The average Bonchev–Trinajstić information content (AvgIpc) is 2.13. The van der Waals surface area contributed by atoms with Crippen molar-refractivity contribution in [1.82, 2.24) is 10.6 Å². The topological polar surface area (TPSA) is 58.2 Å². The van der Waals surface area contributed by atoms with Gasteiger partial charge in [0.15, 0.2) is 0 Å². The van der Waals surface area contributed by atoms with Gasteiger partial charge in [-0.05, 0) is 6.42 Å². The molecule has 0 bridgehead atoms. The Morgan fingerprint density at radius 2 is 2.20 bits per heavy atom. The molecule has 0 aromatic rings. The van der Waals surface area contributed by atoms with Gasteiger partial charge in [0.25, 0.3) is 5.91 Å². The van der Waals surface area contributed by atoms with Gasteiger partial charge >= 0.3 is 6.03 Å². The van der Waals surface area contributed by atoms with Crippen LogP contribution in [0.1, 0.15) is 6.42 Å². The van der Waals surface area contributed by atoms with E-state index in [1.807, 2.05) is 7.85 Å². The highest BCUT2D eigenvalue weighted by Crippen LogP contribution is 1.99. The first kappa shape index (κ1) is 7.12. The first-order chi connectivity index (χ1) is 4.74. The summed E-state index contributed by atoms with van der Waals surface area (Å²) in [6, 6.07) is -0.666. The Kier molecular flexibility index (Phi) is 1.94. The second-order valence-electron chi connectivity index (χ2n) is 2.30. The molecule has 10 heavy (non-hydrogen) atoms. The summed E-state index contributed by atoms with van der Waals surface area (Å²) < 4.78 is 0. The first-order valence-corrected chi connectivity index (χ1v) is 3.35. The highest BCUT2D eigenvalue weighted by atomic mass is 16.2. The summed E-state index contributed by atoms with van der Waals surface area (Å²) in [4.78, 5) is 21.3. The number of carbonyl (C=O) groups is 2. The van der Waals surface area contributed by atoms with Crippen molar-refractivity contribution in [3.8, 4) is 0 Å². The van der Waals surface area contributed by atoms with Crippen LogP contribution in [0.4, 0.5) is 4.79 Å². The summed E-state index contributed by atoms with van der Waals surface area (Å²) in [5, 5.41) is 4.67. The maximum absolute atomic E-state index is 10.8. The Hall–Kier alpha value is -0.995. The number of imide groups is 1. The van der Waals surface area contributed by atoms with Crippen LogP contribution in [0.25, 0.3) is 0 Å². The fourth-order valence-electron chi connectivity index (χ4n) is 0.951. The van der Waals surface area contributed by atoms with E-state index < -0.39 is 0 Å². The van der Waals surface area contributed by atoms with Gasteiger partial charge in [0.05, 0.1) is 0 Å². The molecular weight excluding hydrogens is 131 g/mol. The van der Waals surface area contributed by atoms with E-state index in [9.17, 15) is 9.59 Å². The Bertz CT molecular complexity index is 171. The van der Waals surface area contributed by atoms with Crippen molar-refractivity contribution in [2.75, 3.05) is 0 Å². The molecule has 3 amide bonds. The monoisotopic (exact) mass is 140 g/mol. The first-order valence-electron chi connectivity index (χ1n) is 3.35. The Morgan fingerprint density at radius 3 is 2.60 bits per heavy atom. The van der Waals surface area contributed by atoms with E-state index in [1.54, 1.807) is 0 Å². The standard InChI is InChI=1S/C5H9BN2O2/c6-2-1-3-4(9)8-5(10)7-3/h3H,1-2,6H2,(H2,7,8,9,10). The fourth-order valence-corrected chi connectivity index (χ4v) is 0.951. The molecular formula is C5H9BN2O2. The van der Waals surface area contributed by atoms with Crippen molar-refractivity contribution in [1.29, 1.82) is 0 Å². The highest BCUT2D eigenvalue weighted by molar-refractivity contribution is 6.09. The molecule has 0 saturated carbocycles. The minimum atomic E-state index is -0.372. The van der Waals surface area contributed by atoms with Gasteiger partial charge in [-0.3, -0.25) is 10.1 Å². The Morgan fingerprint density at radius 1 is 1.50 bits per heavy atom. The van der Waals surface area contributed by atoms with Gasteiger partial charge in [0, 0.05) is 0 Å². The van der Waals surface area contributed by atoms with Crippen molar-refractivity contribution < 1.29 is 9.59 Å². The molecule has 1 heterocycles. The van der Waals surface area contributed by atoms with Gasteiger partial charge in [-0.15, -0.1) is 0 Å². The molecule has 2 N–H and O–H groups in total. The number of nitrogens with one attached hydrogen (secondary N) is 2. The number of urea groups is 1. The predicted molar refractivity (Wildman–Crippen MR) is 38.4 cm³/mol. The third-order valence-corrected chi connectivity index (χ3v) is 1.44. The maximum atomic E-state index is 10.8. The lowest BCUT2D eigenvalue weighted by atomic mass is 9.98. The Balaban J connectivity index is 2.46. The minimum Gasteiger partial charge on any atom is -0.326 e. The van der Waals surface area contributed by atoms with Gasteiger partial charge in [-0.2, -0.15) is 0 Å². The molecule has 1 rings (SSSR count). The predicted octanol–water partition coefficient (Wildman–Crippen LogP) is -1.36. The van der Waals surface area contributed by atoms with E-state index in [1.165, 1.54) is 0 Å². The van der Waals surface area contributed by atoms with Crippen LogP contribution in [0, 0.1) is 0 Å². The second kappa shape index (κ2) is 2.73. The van der Waals surface area contributed by atoms with Gasteiger partial charge in [0.1, 0.15) is 13.9 Å². The van der Waals surface area contributed by atoms with Gasteiger partial charge < -0.3 is 5.32 Å². The van der Waals surface area contributed by atoms with Crippen LogP contribution in [0.15, 0.2) is 0 Å². The largest absolute Gasteiger partial charge is 0.326 e. The maximum Gasteiger partial charge on any atom is 0.322 e. The Labute approximate surface area is 59.8 Å². The van der Waals surface area contributed by atoms with E-state index in [0.717, 1.165) is 12.7 Å². The van der Waals surface area contributed by atoms with Crippen LogP contribution in [0.5, 0.6) is 0 Å². The SMILES string of the molecule is BCCC1NC(=O)NC1=O. The quantitative estimate of drug-likeness (QED) is 0.367. The molecule has 4 nitrogen and oxygen atoms in total. The van der Waals surface area contributed by atoms with Crippen LogP contribution in [-0.4, -0.2) is 25.8 Å². The van der Waals surface area contributed by atoms with E-state index in [2.05, 4.69) is 10.6 Å². The number of amides is 3. The number of rotatable bonds is 2. The minimum absolute atomic E-state index is 0.202. The van der Waals surface area contributed by atoms with Gasteiger partial charge in [-0.25, -0.2) is 4.79 Å². The molecule has 0 aromatic heterocycles. The third kappa shape index (κ3) is 1.29. The molecule has 1 atom stereocenters. The summed E-state index contributed by atoms with van der Waals surface area (Å²) in [6.07, 6.45) is 1.62. The van der Waals surface area contributed by atoms with E-state index in [4.69, 9.17) is 0 Å². The fraction of sp³-hybridized carbons (Fsp3) is 0.600. The molecule has 0 radical (unpaired) electrons. The molecule has 54 valence electrons. The molecule has 0 spiro atoms. The molecule has 5 heteroatoms. The average molecular weight is 140 g/mol. The van der Waals surface area contributed by atoms with Crippen molar-refractivity contribution in [3.05, 3.63) is 0 Å². The summed E-state index contributed by atoms with van der Waals surface area (Å²) in [7, 11) is 1.97. The summed E-state index contributed by atoms with van der Waals surface area (Å²) in [6.45, 7) is 0. The lowest BCUT2D eigenvalue weighted by Gasteiger charge is -2.01. The number of hydrogen-bond donors (Lipinski definition) is 2. The molecule has 1 unspecified atom stereocenters. The summed E-state index contributed by atoms with van der Waals surface area (Å²) in [5.74, 6) is -0.202. The summed E-state index contributed by atoms with van der Waals surface area (Å²) in [5.41, 5.74) is 0. The van der Waals surface area contributed by atoms with Gasteiger partial charge in [-0.1, -0.05) is 6.32 Å². The normalized spacial score (nSPS) is 24.2. The zero-order valence-corrected chi connectivity index (χ0v) is 5.81. The molecule has 0 aliphatic carbocycles. The van der Waals surface area contributed by atoms with Gasteiger partial charge in [0.2, 0.25) is 0 Å². The van der Waals surface area contributed by atoms with Crippen molar-refractivity contribution in [2.45, 2.75) is 18.8 Å². The molecule has 0 aromatic carbocycles. The van der Waals surface area contributed by atoms with Crippen LogP contribution in [0.3, 0.4) is 0 Å². The number of hydrogen-bond acceptors (Lipinski definition) is 2. The van der Waals surface area contributed by atoms with E-state index in [-0.39, 0.29) is 18.0 Å². The zero-order valence-electron chi connectivity index (χ0n) is 5.81. The van der Waals surface area contributed by atoms with E-state index in [0.29, 0.717) is 0 Å². The number of carbonyl (C=O) groups excluding carboxylic acids is 2. The van der Waals surface area contributed by atoms with Crippen LogP contribution >= 0.6 is 0 Å².